The van der Waals surface area contributed by atoms with Crippen molar-refractivity contribution in [3.8, 4) is 11.3 Å². The third-order valence-electron chi connectivity index (χ3n) is 6.57. The van der Waals surface area contributed by atoms with Gasteiger partial charge in [0, 0.05) is 28.6 Å². The van der Waals surface area contributed by atoms with Gasteiger partial charge in [0.2, 0.25) is 0 Å². The van der Waals surface area contributed by atoms with Crippen molar-refractivity contribution in [1.29, 1.82) is 0 Å². The highest BCUT2D eigenvalue weighted by Crippen LogP contribution is 2.40. The van der Waals surface area contributed by atoms with Crippen LogP contribution >= 0.6 is 0 Å². The Balaban J connectivity index is 1.71. The second-order valence-corrected chi connectivity index (χ2v) is 9.01. The van der Waals surface area contributed by atoms with E-state index in [9.17, 15) is 0 Å². The molecule has 0 unspecified atom stereocenters. The number of hydrogen-bond donors (Lipinski definition) is 1. The van der Waals surface area contributed by atoms with Crippen LogP contribution in [0.15, 0.2) is 121 Å². The van der Waals surface area contributed by atoms with Gasteiger partial charge in [-0.15, -0.1) is 0 Å². The van der Waals surface area contributed by atoms with Gasteiger partial charge in [0.05, 0.1) is 16.9 Å². The Morgan fingerprint density at radius 2 is 1.34 bits per heavy atom. The molecular formula is C33H26N2. The van der Waals surface area contributed by atoms with Gasteiger partial charge in [-0.2, -0.15) is 0 Å². The lowest BCUT2D eigenvalue weighted by Gasteiger charge is -2.20. The molecule has 0 aliphatic rings. The summed E-state index contributed by atoms with van der Waals surface area (Å²) in [6.07, 6.45) is 0.783. The Morgan fingerprint density at radius 3 is 2.11 bits per heavy atom. The van der Waals surface area contributed by atoms with Gasteiger partial charge in [-0.1, -0.05) is 109 Å². The molecular weight excluding hydrogens is 424 g/mol. The van der Waals surface area contributed by atoms with Gasteiger partial charge in [0.15, 0.2) is 0 Å². The van der Waals surface area contributed by atoms with Crippen LogP contribution in [-0.2, 0) is 6.42 Å². The van der Waals surface area contributed by atoms with Crippen LogP contribution in [0, 0.1) is 6.92 Å². The Hall–Kier alpha value is -4.43. The number of rotatable bonds is 5. The third kappa shape index (κ3) is 4.15. The lowest BCUT2D eigenvalue weighted by molar-refractivity contribution is 1.17. The quantitative estimate of drug-likeness (QED) is 0.266. The van der Waals surface area contributed by atoms with Crippen molar-refractivity contribution in [1.82, 2.24) is 4.98 Å². The molecule has 0 fully saturated rings. The molecule has 168 valence electrons. The average Bonchev–Trinajstić information content (AvgIpc) is 2.91. The van der Waals surface area contributed by atoms with Crippen LogP contribution in [0.4, 0.5) is 11.4 Å². The van der Waals surface area contributed by atoms with Gasteiger partial charge in [0.1, 0.15) is 0 Å². The lowest BCUT2D eigenvalue weighted by Crippen LogP contribution is -2.04. The van der Waals surface area contributed by atoms with Crippen LogP contribution in [0.5, 0.6) is 0 Å². The first-order valence-electron chi connectivity index (χ1n) is 12.0. The molecule has 1 N–H and O–H groups in total. The number of pyridine rings is 1. The molecule has 0 spiro atoms. The van der Waals surface area contributed by atoms with Crippen LogP contribution in [0.1, 0.15) is 16.7 Å². The number of anilines is 2. The summed E-state index contributed by atoms with van der Waals surface area (Å²) in [5, 5.41) is 7.39. The van der Waals surface area contributed by atoms with E-state index in [0.717, 1.165) is 40.0 Å². The molecule has 6 aromatic rings. The highest BCUT2D eigenvalue weighted by molar-refractivity contribution is 6.14. The maximum atomic E-state index is 5.28. The number of aryl methyl sites for hydroxylation is 1. The number of para-hydroxylation sites is 1. The number of fused-ring (bicyclic) bond motifs is 3. The molecule has 35 heavy (non-hydrogen) atoms. The summed E-state index contributed by atoms with van der Waals surface area (Å²) in [4.78, 5) is 5.28. The molecule has 0 saturated heterocycles. The maximum absolute atomic E-state index is 5.28. The molecule has 1 heterocycles. The summed E-state index contributed by atoms with van der Waals surface area (Å²) in [6.45, 7) is 2.12. The first-order valence-corrected chi connectivity index (χ1v) is 12.0. The predicted molar refractivity (Wildman–Crippen MR) is 148 cm³/mol. The molecule has 1 aromatic heterocycles. The van der Waals surface area contributed by atoms with Crippen LogP contribution in [0.2, 0.25) is 0 Å². The van der Waals surface area contributed by atoms with Gasteiger partial charge >= 0.3 is 0 Å². The lowest BCUT2D eigenvalue weighted by atomic mass is 9.93. The van der Waals surface area contributed by atoms with Gasteiger partial charge in [0.25, 0.3) is 0 Å². The second kappa shape index (κ2) is 9.08. The van der Waals surface area contributed by atoms with Gasteiger partial charge in [-0.05, 0) is 41.5 Å². The minimum Gasteiger partial charge on any atom is -0.355 e. The number of aromatic nitrogens is 1. The first-order chi connectivity index (χ1) is 17.3. The highest BCUT2D eigenvalue weighted by Gasteiger charge is 2.19. The zero-order chi connectivity index (χ0) is 23.6. The van der Waals surface area contributed by atoms with E-state index in [0.29, 0.717) is 0 Å². The monoisotopic (exact) mass is 450 g/mol. The standard InChI is InChI=1S/C33H26N2/c1-23-16-18-26(19-17-23)32-29(22-24-10-4-2-5-11-24)33(34-27-13-6-3-7-14-27)31-28-15-9-8-12-25(28)20-21-30(31)35-32/h2-21H,22H2,1H3,(H,34,35). The van der Waals surface area contributed by atoms with Gasteiger partial charge in [-0.3, -0.25) is 0 Å². The van der Waals surface area contributed by atoms with Crippen molar-refractivity contribution in [2.45, 2.75) is 13.3 Å². The molecule has 0 atom stereocenters. The van der Waals surface area contributed by atoms with Crippen molar-refractivity contribution in [3.63, 3.8) is 0 Å². The minimum absolute atomic E-state index is 0.783. The van der Waals surface area contributed by atoms with E-state index in [1.54, 1.807) is 0 Å². The molecule has 2 nitrogen and oxygen atoms in total. The van der Waals surface area contributed by atoms with Crippen molar-refractivity contribution >= 4 is 33.1 Å². The van der Waals surface area contributed by atoms with Crippen LogP contribution in [-0.4, -0.2) is 4.98 Å². The Bertz CT molecular complexity index is 1620. The first kappa shape index (κ1) is 21.1. The molecule has 2 heteroatoms. The Morgan fingerprint density at radius 1 is 0.657 bits per heavy atom. The number of nitrogens with one attached hydrogen (secondary N) is 1. The average molecular weight is 451 g/mol. The molecule has 0 bridgehead atoms. The summed E-state index contributed by atoms with van der Waals surface area (Å²) < 4.78 is 0. The van der Waals surface area contributed by atoms with E-state index >= 15 is 0 Å². The van der Waals surface area contributed by atoms with E-state index in [2.05, 4.69) is 128 Å². The third-order valence-corrected chi connectivity index (χ3v) is 6.57. The number of benzene rings is 5. The Kier molecular flexibility index (Phi) is 5.48. The normalized spacial score (nSPS) is 11.1. The smallest absolute Gasteiger partial charge is 0.0765 e. The molecule has 0 saturated carbocycles. The van der Waals surface area contributed by atoms with Crippen LogP contribution in [0.3, 0.4) is 0 Å². The minimum atomic E-state index is 0.783. The summed E-state index contributed by atoms with van der Waals surface area (Å²) in [7, 11) is 0. The zero-order valence-corrected chi connectivity index (χ0v) is 19.7. The summed E-state index contributed by atoms with van der Waals surface area (Å²) in [6, 6.07) is 42.7. The largest absolute Gasteiger partial charge is 0.355 e. The van der Waals surface area contributed by atoms with Crippen LogP contribution in [0.25, 0.3) is 32.9 Å². The van der Waals surface area contributed by atoms with Gasteiger partial charge in [-0.25, -0.2) is 4.98 Å². The topological polar surface area (TPSA) is 24.9 Å². The maximum Gasteiger partial charge on any atom is 0.0765 e. The molecule has 0 amide bonds. The summed E-state index contributed by atoms with van der Waals surface area (Å²) in [5.74, 6) is 0. The van der Waals surface area contributed by atoms with E-state index in [-0.39, 0.29) is 0 Å². The molecule has 5 aromatic carbocycles. The van der Waals surface area contributed by atoms with E-state index in [1.165, 1.54) is 27.5 Å². The molecule has 0 aliphatic heterocycles. The predicted octanol–water partition coefficient (Wildman–Crippen LogP) is 8.70. The van der Waals surface area contributed by atoms with E-state index < -0.39 is 0 Å². The second-order valence-electron chi connectivity index (χ2n) is 9.01. The summed E-state index contributed by atoms with van der Waals surface area (Å²) in [5.41, 5.74) is 9.05. The van der Waals surface area contributed by atoms with E-state index in [1.807, 2.05) is 6.07 Å². The van der Waals surface area contributed by atoms with Crippen LogP contribution < -0.4 is 5.32 Å². The molecule has 6 rings (SSSR count). The fourth-order valence-electron chi connectivity index (χ4n) is 4.80. The fraction of sp³-hybridized carbons (Fsp3) is 0.0606. The van der Waals surface area contributed by atoms with E-state index in [4.69, 9.17) is 4.98 Å². The van der Waals surface area contributed by atoms with Crippen molar-refractivity contribution in [2.75, 3.05) is 5.32 Å². The van der Waals surface area contributed by atoms with Crippen molar-refractivity contribution < 1.29 is 0 Å². The fourth-order valence-corrected chi connectivity index (χ4v) is 4.80. The van der Waals surface area contributed by atoms with Crippen molar-refractivity contribution in [3.05, 3.63) is 138 Å². The zero-order valence-electron chi connectivity index (χ0n) is 19.7. The summed E-state index contributed by atoms with van der Waals surface area (Å²) >= 11 is 0. The highest BCUT2D eigenvalue weighted by atomic mass is 14.9. The van der Waals surface area contributed by atoms with Gasteiger partial charge < -0.3 is 5.32 Å². The SMILES string of the molecule is Cc1ccc(-c2nc3ccc4ccccc4c3c(Nc3ccccc3)c2Cc2ccccc2)cc1. The molecule has 0 radical (unpaired) electrons. The van der Waals surface area contributed by atoms with Crippen molar-refractivity contribution in [2.24, 2.45) is 0 Å². The Labute approximate surface area is 205 Å². The number of nitrogens with zero attached hydrogens (tertiary/aromatic N) is 1. The number of hydrogen-bond acceptors (Lipinski definition) is 2. The molecule has 0 aliphatic carbocycles.